The van der Waals surface area contributed by atoms with E-state index < -0.39 is 0 Å². The summed E-state index contributed by atoms with van der Waals surface area (Å²) in [5, 5.41) is 13.1. The summed E-state index contributed by atoms with van der Waals surface area (Å²) in [5.41, 5.74) is 1.97. The Hall–Kier alpha value is -1.91. The van der Waals surface area contributed by atoms with Gasteiger partial charge in [0.15, 0.2) is 0 Å². The van der Waals surface area contributed by atoms with Crippen LogP contribution in [0.25, 0.3) is 0 Å². The first kappa shape index (κ1) is 16.5. The minimum atomic E-state index is -0.245. The normalized spacial score (nSPS) is 13.6. The van der Waals surface area contributed by atoms with E-state index in [9.17, 15) is 9.50 Å². The summed E-state index contributed by atoms with van der Waals surface area (Å²) in [6.45, 7) is 2.03. The molecule has 0 spiro atoms. The second kappa shape index (κ2) is 7.92. The van der Waals surface area contributed by atoms with Gasteiger partial charge in [-0.05, 0) is 41.8 Å². The molecule has 2 atom stereocenters. The Morgan fingerprint density at radius 3 is 2.41 bits per heavy atom. The van der Waals surface area contributed by atoms with Gasteiger partial charge in [0.25, 0.3) is 0 Å². The summed E-state index contributed by atoms with van der Waals surface area (Å²) < 4.78 is 18.3. The fraction of sp³-hybridized carbons (Fsp3) is 0.333. The number of aliphatic hydroxyl groups excluding tert-OH is 1. The first-order valence-corrected chi connectivity index (χ1v) is 7.44. The van der Waals surface area contributed by atoms with Crippen LogP contribution in [0.4, 0.5) is 4.39 Å². The van der Waals surface area contributed by atoms with E-state index in [0.29, 0.717) is 0 Å². The maximum absolute atomic E-state index is 13.1. The van der Waals surface area contributed by atoms with E-state index in [-0.39, 0.29) is 24.5 Å². The number of hydrogen-bond donors (Lipinski definition) is 2. The maximum atomic E-state index is 13.1. The largest absolute Gasteiger partial charge is 0.497 e. The van der Waals surface area contributed by atoms with Crippen molar-refractivity contribution in [3.63, 3.8) is 0 Å². The molecule has 22 heavy (non-hydrogen) atoms. The van der Waals surface area contributed by atoms with Crippen LogP contribution in [0, 0.1) is 5.82 Å². The molecule has 118 valence electrons. The van der Waals surface area contributed by atoms with Crippen LogP contribution in [0.15, 0.2) is 48.5 Å². The van der Waals surface area contributed by atoms with Crippen LogP contribution in [0.1, 0.15) is 36.6 Å². The third-order valence-electron chi connectivity index (χ3n) is 3.76. The van der Waals surface area contributed by atoms with Crippen LogP contribution >= 0.6 is 0 Å². The molecule has 0 bridgehead atoms. The van der Waals surface area contributed by atoms with Crippen LogP contribution in [-0.4, -0.2) is 18.8 Å². The van der Waals surface area contributed by atoms with Gasteiger partial charge >= 0.3 is 0 Å². The fourth-order valence-corrected chi connectivity index (χ4v) is 2.50. The van der Waals surface area contributed by atoms with Gasteiger partial charge < -0.3 is 15.2 Å². The summed E-state index contributed by atoms with van der Waals surface area (Å²) in [5.74, 6) is 0.512. The van der Waals surface area contributed by atoms with Crippen molar-refractivity contribution in [3.05, 3.63) is 65.5 Å². The lowest BCUT2D eigenvalue weighted by Gasteiger charge is -2.25. The SMILES string of the molecule is CCC(NC(CO)c1cccc(OC)c1)c1ccc(F)cc1. The van der Waals surface area contributed by atoms with Gasteiger partial charge in [-0.2, -0.15) is 0 Å². The van der Waals surface area contributed by atoms with Gasteiger partial charge in [-0.1, -0.05) is 31.2 Å². The molecular weight excluding hydrogens is 281 g/mol. The predicted molar refractivity (Wildman–Crippen MR) is 85.4 cm³/mol. The highest BCUT2D eigenvalue weighted by atomic mass is 19.1. The highest BCUT2D eigenvalue weighted by molar-refractivity contribution is 5.31. The van der Waals surface area contributed by atoms with E-state index in [2.05, 4.69) is 12.2 Å². The molecule has 0 aliphatic heterocycles. The van der Waals surface area contributed by atoms with Crippen molar-refractivity contribution in [2.75, 3.05) is 13.7 Å². The topological polar surface area (TPSA) is 41.5 Å². The molecule has 0 aliphatic rings. The van der Waals surface area contributed by atoms with E-state index in [4.69, 9.17) is 4.74 Å². The van der Waals surface area contributed by atoms with Gasteiger partial charge in [-0.25, -0.2) is 4.39 Å². The van der Waals surface area contributed by atoms with Crippen molar-refractivity contribution in [3.8, 4) is 5.75 Å². The summed E-state index contributed by atoms with van der Waals surface area (Å²) >= 11 is 0. The van der Waals surface area contributed by atoms with Crippen LogP contribution in [0.5, 0.6) is 5.75 Å². The second-order valence-corrected chi connectivity index (χ2v) is 5.19. The number of hydrogen-bond acceptors (Lipinski definition) is 3. The number of methoxy groups -OCH3 is 1. The molecule has 0 aromatic heterocycles. The smallest absolute Gasteiger partial charge is 0.123 e. The fourth-order valence-electron chi connectivity index (χ4n) is 2.50. The Morgan fingerprint density at radius 1 is 1.09 bits per heavy atom. The van der Waals surface area contributed by atoms with Crippen molar-refractivity contribution >= 4 is 0 Å². The highest BCUT2D eigenvalue weighted by Gasteiger charge is 2.17. The first-order valence-electron chi connectivity index (χ1n) is 7.44. The summed E-state index contributed by atoms with van der Waals surface area (Å²) in [4.78, 5) is 0. The van der Waals surface area contributed by atoms with Gasteiger partial charge in [-0.15, -0.1) is 0 Å². The summed E-state index contributed by atoms with van der Waals surface area (Å²) in [6.07, 6.45) is 0.839. The van der Waals surface area contributed by atoms with Gasteiger partial charge in [0.05, 0.1) is 19.8 Å². The van der Waals surface area contributed by atoms with Crippen LogP contribution in [0.2, 0.25) is 0 Å². The van der Waals surface area contributed by atoms with Crippen LogP contribution in [0.3, 0.4) is 0 Å². The zero-order chi connectivity index (χ0) is 15.9. The molecule has 0 saturated heterocycles. The van der Waals surface area contributed by atoms with E-state index >= 15 is 0 Å². The molecule has 0 heterocycles. The summed E-state index contributed by atoms with van der Waals surface area (Å²) in [7, 11) is 1.62. The zero-order valence-corrected chi connectivity index (χ0v) is 12.9. The Labute approximate surface area is 130 Å². The lowest BCUT2D eigenvalue weighted by atomic mass is 10.0. The van der Waals surface area contributed by atoms with Crippen LogP contribution < -0.4 is 10.1 Å². The number of rotatable bonds is 7. The van der Waals surface area contributed by atoms with Gasteiger partial charge in [0.1, 0.15) is 11.6 Å². The van der Waals surface area contributed by atoms with E-state index in [1.807, 2.05) is 24.3 Å². The number of nitrogens with one attached hydrogen (secondary N) is 1. The molecule has 2 rings (SSSR count). The van der Waals surface area contributed by atoms with E-state index in [1.54, 1.807) is 19.2 Å². The number of benzene rings is 2. The Balaban J connectivity index is 2.17. The Bertz CT molecular complexity index is 586. The lowest BCUT2D eigenvalue weighted by Crippen LogP contribution is -2.28. The van der Waals surface area contributed by atoms with Crippen molar-refractivity contribution in [2.45, 2.75) is 25.4 Å². The number of halogens is 1. The molecule has 4 heteroatoms. The molecule has 0 fully saturated rings. The maximum Gasteiger partial charge on any atom is 0.123 e. The predicted octanol–water partition coefficient (Wildman–Crippen LogP) is 3.61. The zero-order valence-electron chi connectivity index (χ0n) is 12.9. The molecule has 2 aromatic carbocycles. The van der Waals surface area contributed by atoms with Gasteiger partial charge in [0.2, 0.25) is 0 Å². The summed E-state index contributed by atoms with van der Waals surface area (Å²) in [6, 6.07) is 13.9. The average Bonchev–Trinajstić information content (AvgIpc) is 2.57. The number of aliphatic hydroxyl groups is 1. The molecule has 0 aliphatic carbocycles. The second-order valence-electron chi connectivity index (χ2n) is 5.19. The van der Waals surface area contributed by atoms with Crippen molar-refractivity contribution in [1.29, 1.82) is 0 Å². The Kier molecular flexibility index (Phi) is 5.92. The first-order chi connectivity index (χ1) is 10.7. The average molecular weight is 303 g/mol. The molecule has 2 aromatic rings. The number of ether oxygens (including phenoxy) is 1. The quantitative estimate of drug-likeness (QED) is 0.821. The molecular formula is C18H22FNO2. The van der Waals surface area contributed by atoms with E-state index in [1.165, 1.54) is 12.1 Å². The molecule has 0 amide bonds. The minimum Gasteiger partial charge on any atom is -0.497 e. The standard InChI is InChI=1S/C18H22FNO2/c1-3-17(13-7-9-15(19)10-8-13)20-18(12-21)14-5-4-6-16(11-14)22-2/h4-11,17-18,20-21H,3,12H2,1-2H3. The van der Waals surface area contributed by atoms with Crippen LogP contribution in [-0.2, 0) is 0 Å². The molecule has 0 radical (unpaired) electrons. The van der Waals surface area contributed by atoms with E-state index in [0.717, 1.165) is 23.3 Å². The monoisotopic (exact) mass is 303 g/mol. The molecule has 2 N–H and O–H groups in total. The third-order valence-corrected chi connectivity index (χ3v) is 3.76. The highest BCUT2D eigenvalue weighted by Crippen LogP contribution is 2.24. The molecule has 2 unspecified atom stereocenters. The van der Waals surface area contributed by atoms with Gasteiger partial charge in [0, 0.05) is 6.04 Å². The van der Waals surface area contributed by atoms with Crippen molar-refractivity contribution in [1.82, 2.24) is 5.32 Å². The minimum absolute atomic E-state index is 0.0230. The third kappa shape index (κ3) is 4.06. The van der Waals surface area contributed by atoms with Crippen molar-refractivity contribution in [2.24, 2.45) is 0 Å². The lowest BCUT2D eigenvalue weighted by molar-refractivity contribution is 0.231. The molecule has 3 nitrogen and oxygen atoms in total. The molecule has 0 saturated carbocycles. The Morgan fingerprint density at radius 2 is 1.82 bits per heavy atom. The van der Waals surface area contributed by atoms with Gasteiger partial charge in [-0.3, -0.25) is 0 Å². The van der Waals surface area contributed by atoms with Crippen molar-refractivity contribution < 1.29 is 14.2 Å².